The summed E-state index contributed by atoms with van der Waals surface area (Å²) in [6, 6.07) is 47.4. The topological polar surface area (TPSA) is 0 Å². The van der Waals surface area contributed by atoms with Gasteiger partial charge in [-0.05, 0) is 116 Å². The van der Waals surface area contributed by atoms with Crippen LogP contribution in [0.4, 0.5) is 0 Å². The molecule has 6 aromatic rings. The minimum absolute atomic E-state index is 0.517. The Morgan fingerprint density at radius 3 is 2.02 bits per heavy atom. The monoisotopic (exact) mass is 634 g/mol. The fourth-order valence-corrected chi connectivity index (χ4v) is 10.1. The molecule has 0 aliphatic heterocycles. The molecular weight excluding hydrogens is 595 g/mol. The second kappa shape index (κ2) is 13.2. The number of aryl methyl sites for hydroxylation is 1. The zero-order valence-corrected chi connectivity index (χ0v) is 28.4. The quantitative estimate of drug-likeness (QED) is 0.109. The first-order valence-electron chi connectivity index (χ1n) is 17.1. The molecule has 1 atom stereocenters. The van der Waals surface area contributed by atoms with Crippen LogP contribution in [0.3, 0.4) is 0 Å². The van der Waals surface area contributed by atoms with Crippen molar-refractivity contribution in [3.8, 4) is 44.5 Å². The highest BCUT2D eigenvalue weighted by atomic mass is 31.1. The van der Waals surface area contributed by atoms with Crippen LogP contribution in [0, 0.1) is 0 Å². The average molecular weight is 635 g/mol. The summed E-state index contributed by atoms with van der Waals surface area (Å²) in [5.74, 6) is 0. The smallest absolute Gasteiger partial charge is 0.00133 e. The fourth-order valence-electron chi connectivity index (χ4n) is 7.68. The van der Waals surface area contributed by atoms with Crippen LogP contribution in [0.1, 0.15) is 30.9 Å². The summed E-state index contributed by atoms with van der Waals surface area (Å²) in [5, 5.41) is 5.67. The molecule has 48 heavy (non-hydrogen) atoms. The van der Waals surface area contributed by atoms with Crippen molar-refractivity contribution in [2.75, 3.05) is 6.16 Å². The molecule has 0 fully saturated rings. The first-order valence-corrected chi connectivity index (χ1v) is 18.7. The van der Waals surface area contributed by atoms with E-state index >= 15 is 0 Å². The lowest BCUT2D eigenvalue weighted by Crippen LogP contribution is -2.06. The van der Waals surface area contributed by atoms with Gasteiger partial charge in [0.25, 0.3) is 0 Å². The first kappa shape index (κ1) is 30.3. The maximum Gasteiger partial charge on any atom is 0.00133 e. The lowest BCUT2D eigenvalue weighted by Gasteiger charge is -2.23. The van der Waals surface area contributed by atoms with Gasteiger partial charge in [0.05, 0.1) is 0 Å². The Morgan fingerprint density at radius 2 is 1.33 bits per heavy atom. The second-order valence-electron chi connectivity index (χ2n) is 12.7. The standard InChI is InChI=1S/C47H39P/c1-3-16-35(32-48(36-17-7-5-8-18-36)37-19-9-6-10-20-37)33-27-29-34(30-28-33)39-21-11-12-22-40(39)45-31-46-42-24-14-13-23-41(42)44-26-15-25-43(47(44)46)38(45)4-2/h3,5,7-9,11-31H,1,4,6,10,32H2,2H3/b35-16+. The predicted octanol–water partition coefficient (Wildman–Crippen LogP) is 13.0. The third-order valence-electron chi connectivity index (χ3n) is 9.92. The molecule has 0 N–H and O–H groups in total. The van der Waals surface area contributed by atoms with Crippen molar-refractivity contribution in [3.63, 3.8) is 0 Å². The molecule has 0 saturated carbocycles. The molecular formula is C47H39P. The summed E-state index contributed by atoms with van der Waals surface area (Å²) in [7, 11) is -0.517. The van der Waals surface area contributed by atoms with Crippen LogP contribution >= 0.6 is 7.92 Å². The van der Waals surface area contributed by atoms with E-state index < -0.39 is 7.92 Å². The van der Waals surface area contributed by atoms with Gasteiger partial charge in [-0.3, -0.25) is 0 Å². The molecule has 0 heterocycles. The Balaban J connectivity index is 1.19. The molecule has 0 nitrogen and oxygen atoms in total. The van der Waals surface area contributed by atoms with Crippen LogP contribution in [0.15, 0.2) is 170 Å². The Morgan fingerprint density at radius 1 is 0.667 bits per heavy atom. The van der Waals surface area contributed by atoms with Gasteiger partial charge in [0, 0.05) is 6.16 Å². The Hall–Kier alpha value is -5.03. The fraction of sp³-hybridized carbons (Fsp3) is 0.106. The molecule has 8 rings (SSSR count). The van der Waals surface area contributed by atoms with Crippen LogP contribution in [-0.2, 0) is 6.42 Å². The highest BCUT2D eigenvalue weighted by Gasteiger charge is 2.25. The molecule has 1 unspecified atom stereocenters. The lowest BCUT2D eigenvalue weighted by molar-refractivity contribution is 1.03. The summed E-state index contributed by atoms with van der Waals surface area (Å²) >= 11 is 0. The lowest BCUT2D eigenvalue weighted by atomic mass is 9.86. The number of hydrogen-bond donors (Lipinski definition) is 0. The minimum atomic E-state index is -0.517. The van der Waals surface area contributed by atoms with Crippen molar-refractivity contribution >= 4 is 29.6 Å². The molecule has 0 saturated heterocycles. The van der Waals surface area contributed by atoms with Crippen LogP contribution in [0.25, 0.3) is 60.9 Å². The Kier molecular flexibility index (Phi) is 8.36. The van der Waals surface area contributed by atoms with E-state index in [0.717, 1.165) is 25.4 Å². The third kappa shape index (κ3) is 5.41. The SMILES string of the molecule is C=C/C=C(\CP(C1=CCCC=C1)c1ccccc1)c1ccc(-c2ccccc2-c2cc3c4c(cccc4c2CC)-c2ccccc2-3)cc1. The van der Waals surface area contributed by atoms with Crippen molar-refractivity contribution < 1.29 is 0 Å². The maximum absolute atomic E-state index is 4.10. The number of fused-ring (bicyclic) bond motifs is 3. The van der Waals surface area contributed by atoms with E-state index in [1.807, 2.05) is 6.08 Å². The number of allylic oxidation sites excluding steroid dienone is 7. The van der Waals surface area contributed by atoms with Crippen LogP contribution in [0.5, 0.6) is 0 Å². The van der Waals surface area contributed by atoms with Gasteiger partial charge >= 0.3 is 0 Å². The Bertz CT molecular complexity index is 2250. The van der Waals surface area contributed by atoms with Gasteiger partial charge in [-0.2, -0.15) is 0 Å². The van der Waals surface area contributed by atoms with Crippen molar-refractivity contribution in [3.05, 3.63) is 181 Å². The van der Waals surface area contributed by atoms with E-state index in [1.165, 1.54) is 82.6 Å². The highest BCUT2D eigenvalue weighted by Crippen LogP contribution is 2.51. The molecule has 0 spiro atoms. The number of rotatable bonds is 9. The molecule has 0 bridgehead atoms. The van der Waals surface area contributed by atoms with E-state index in [2.05, 4.69) is 165 Å². The molecule has 1 heteroatoms. The van der Waals surface area contributed by atoms with Crippen molar-refractivity contribution in [2.45, 2.75) is 26.2 Å². The summed E-state index contributed by atoms with van der Waals surface area (Å²) < 4.78 is 0. The average Bonchev–Trinajstić information content (AvgIpc) is 3.48. The van der Waals surface area contributed by atoms with Crippen LogP contribution < -0.4 is 5.30 Å². The number of benzene rings is 6. The van der Waals surface area contributed by atoms with E-state index in [4.69, 9.17) is 0 Å². The highest BCUT2D eigenvalue weighted by molar-refractivity contribution is 7.70. The molecule has 0 radical (unpaired) electrons. The van der Waals surface area contributed by atoms with Crippen LogP contribution in [0.2, 0.25) is 0 Å². The summed E-state index contributed by atoms with van der Waals surface area (Å²) in [6.07, 6.45) is 15.5. The first-order chi connectivity index (χ1) is 23.7. The van der Waals surface area contributed by atoms with Gasteiger partial charge < -0.3 is 0 Å². The van der Waals surface area contributed by atoms with Gasteiger partial charge in [-0.15, -0.1) is 0 Å². The molecule has 0 amide bonds. The zero-order valence-electron chi connectivity index (χ0n) is 27.5. The second-order valence-corrected chi connectivity index (χ2v) is 14.9. The normalized spacial score (nSPS) is 14.1. The summed E-state index contributed by atoms with van der Waals surface area (Å²) in [4.78, 5) is 0. The zero-order chi connectivity index (χ0) is 32.5. The van der Waals surface area contributed by atoms with E-state index in [-0.39, 0.29) is 0 Å². The minimum Gasteiger partial charge on any atom is -0.0991 e. The molecule has 2 aliphatic carbocycles. The predicted molar refractivity (Wildman–Crippen MR) is 211 cm³/mol. The molecule has 2 aliphatic rings. The van der Waals surface area contributed by atoms with Crippen molar-refractivity contribution in [1.29, 1.82) is 0 Å². The largest absolute Gasteiger partial charge is 0.0991 e. The summed E-state index contributed by atoms with van der Waals surface area (Å²) in [6.45, 7) is 6.40. The number of hydrogen-bond acceptors (Lipinski definition) is 0. The van der Waals surface area contributed by atoms with Gasteiger partial charge in [0.2, 0.25) is 0 Å². The van der Waals surface area contributed by atoms with Gasteiger partial charge in [-0.25, -0.2) is 0 Å². The molecule has 232 valence electrons. The van der Waals surface area contributed by atoms with E-state index in [0.29, 0.717) is 0 Å². The third-order valence-corrected chi connectivity index (χ3v) is 12.5. The van der Waals surface area contributed by atoms with E-state index in [9.17, 15) is 0 Å². The Labute approximate surface area is 286 Å². The molecule has 6 aromatic carbocycles. The van der Waals surface area contributed by atoms with E-state index in [1.54, 1.807) is 0 Å². The van der Waals surface area contributed by atoms with Crippen molar-refractivity contribution in [2.24, 2.45) is 0 Å². The van der Waals surface area contributed by atoms with Crippen LogP contribution in [-0.4, -0.2) is 6.16 Å². The van der Waals surface area contributed by atoms with Crippen molar-refractivity contribution in [1.82, 2.24) is 0 Å². The van der Waals surface area contributed by atoms with Gasteiger partial charge in [-0.1, -0.05) is 165 Å². The summed E-state index contributed by atoms with van der Waals surface area (Å²) in [5.41, 5.74) is 14.5. The van der Waals surface area contributed by atoms with Gasteiger partial charge in [0.15, 0.2) is 0 Å². The maximum atomic E-state index is 4.10. The van der Waals surface area contributed by atoms with Gasteiger partial charge in [0.1, 0.15) is 0 Å². The molecule has 0 aromatic heterocycles.